The van der Waals surface area contributed by atoms with Crippen molar-refractivity contribution in [2.24, 2.45) is 22.7 Å². The van der Waals surface area contributed by atoms with Crippen molar-refractivity contribution in [3.05, 3.63) is 11.8 Å². The van der Waals surface area contributed by atoms with Crippen molar-refractivity contribution in [3.8, 4) is 0 Å². The lowest BCUT2D eigenvalue weighted by atomic mass is 9.49. The number of hydrogen-bond acceptors (Lipinski definition) is 1. The highest BCUT2D eigenvalue weighted by atomic mass is 16.3. The predicted octanol–water partition coefficient (Wildman–Crippen LogP) is 4.69. The molecule has 0 aromatic rings. The summed E-state index contributed by atoms with van der Waals surface area (Å²) in [6.07, 6.45) is 8.37. The molecule has 0 bridgehead atoms. The van der Waals surface area contributed by atoms with Crippen LogP contribution in [-0.4, -0.2) is 5.11 Å². The van der Waals surface area contributed by atoms with E-state index in [1.54, 1.807) is 0 Å². The zero-order chi connectivity index (χ0) is 12.0. The van der Waals surface area contributed by atoms with Crippen molar-refractivity contribution in [1.29, 1.82) is 0 Å². The number of hydrogen-bond donors (Lipinski definition) is 1. The lowest BCUT2D eigenvalue weighted by Gasteiger charge is -2.55. The van der Waals surface area contributed by atoms with Crippen molar-refractivity contribution in [2.45, 2.75) is 59.8 Å². The standard InChI is InChI=1S/C15H26O/c1-11-7-9-15(13(16)10-11)12(2)6-5-8-14(15,3)4/h10-12,16H,5-9H2,1-4H3. The third-order valence-corrected chi connectivity index (χ3v) is 5.38. The Bertz CT molecular complexity index is 303. The maximum atomic E-state index is 10.5. The zero-order valence-electron chi connectivity index (χ0n) is 11.2. The molecule has 1 N–H and O–H groups in total. The van der Waals surface area contributed by atoms with Crippen LogP contribution in [-0.2, 0) is 0 Å². The van der Waals surface area contributed by atoms with Gasteiger partial charge in [0.05, 0.1) is 5.76 Å². The van der Waals surface area contributed by atoms with Gasteiger partial charge in [0.25, 0.3) is 0 Å². The molecule has 2 rings (SSSR count). The van der Waals surface area contributed by atoms with Gasteiger partial charge in [-0.3, -0.25) is 0 Å². The monoisotopic (exact) mass is 222 g/mol. The number of aliphatic hydroxyl groups excluding tert-OH is 1. The maximum absolute atomic E-state index is 10.5. The first kappa shape index (κ1) is 12.0. The summed E-state index contributed by atoms with van der Waals surface area (Å²) in [4.78, 5) is 0. The van der Waals surface area contributed by atoms with Gasteiger partial charge < -0.3 is 5.11 Å². The predicted molar refractivity (Wildman–Crippen MR) is 68.3 cm³/mol. The molecule has 2 aliphatic carbocycles. The first-order valence-electron chi connectivity index (χ1n) is 6.81. The highest BCUT2D eigenvalue weighted by molar-refractivity contribution is 5.19. The summed E-state index contributed by atoms with van der Waals surface area (Å²) in [7, 11) is 0. The minimum absolute atomic E-state index is 0.0672. The Morgan fingerprint density at radius 2 is 1.88 bits per heavy atom. The van der Waals surface area contributed by atoms with Gasteiger partial charge >= 0.3 is 0 Å². The van der Waals surface area contributed by atoms with E-state index in [1.165, 1.54) is 32.1 Å². The van der Waals surface area contributed by atoms with E-state index in [4.69, 9.17) is 0 Å². The molecule has 1 fully saturated rings. The van der Waals surface area contributed by atoms with E-state index in [2.05, 4.69) is 33.8 Å². The van der Waals surface area contributed by atoms with Crippen LogP contribution in [0.4, 0.5) is 0 Å². The largest absolute Gasteiger partial charge is 0.512 e. The SMILES string of the molecule is CC1C=C(O)C2(CC1)C(C)CCCC2(C)C. The van der Waals surface area contributed by atoms with E-state index in [-0.39, 0.29) is 10.8 Å². The molecule has 0 saturated heterocycles. The Morgan fingerprint density at radius 1 is 1.19 bits per heavy atom. The van der Waals surface area contributed by atoms with E-state index < -0.39 is 0 Å². The average molecular weight is 222 g/mol. The Kier molecular flexibility index (Phi) is 2.84. The van der Waals surface area contributed by atoms with Crippen LogP contribution in [0.25, 0.3) is 0 Å². The lowest BCUT2D eigenvalue weighted by molar-refractivity contribution is -0.0498. The van der Waals surface area contributed by atoms with Crippen molar-refractivity contribution in [3.63, 3.8) is 0 Å². The molecule has 0 heterocycles. The second-order valence-corrected chi connectivity index (χ2v) is 6.72. The molecule has 1 nitrogen and oxygen atoms in total. The van der Waals surface area contributed by atoms with Gasteiger partial charge in [-0.2, -0.15) is 0 Å². The first-order valence-corrected chi connectivity index (χ1v) is 6.81. The molecule has 0 amide bonds. The second kappa shape index (κ2) is 3.78. The van der Waals surface area contributed by atoms with Gasteiger partial charge in [0, 0.05) is 5.41 Å². The lowest BCUT2D eigenvalue weighted by Crippen LogP contribution is -2.49. The molecule has 0 aromatic carbocycles. The minimum atomic E-state index is 0.0672. The van der Waals surface area contributed by atoms with Gasteiger partial charge in [-0.1, -0.05) is 34.1 Å². The number of allylic oxidation sites excluding steroid dienone is 2. The summed E-state index contributed by atoms with van der Waals surface area (Å²) in [5, 5.41) is 10.5. The van der Waals surface area contributed by atoms with E-state index in [9.17, 15) is 5.11 Å². The van der Waals surface area contributed by atoms with Gasteiger partial charge in [0.15, 0.2) is 0 Å². The van der Waals surface area contributed by atoms with Gasteiger partial charge in [0.2, 0.25) is 0 Å². The Labute approximate surface area is 99.9 Å². The Morgan fingerprint density at radius 3 is 2.44 bits per heavy atom. The summed E-state index contributed by atoms with van der Waals surface area (Å²) < 4.78 is 0. The molecule has 0 radical (unpaired) electrons. The summed E-state index contributed by atoms with van der Waals surface area (Å²) in [5.74, 6) is 1.87. The summed E-state index contributed by atoms with van der Waals surface area (Å²) in [6, 6.07) is 0. The summed E-state index contributed by atoms with van der Waals surface area (Å²) in [5.41, 5.74) is 0.323. The topological polar surface area (TPSA) is 20.2 Å². The van der Waals surface area contributed by atoms with Crippen LogP contribution in [0.2, 0.25) is 0 Å². The van der Waals surface area contributed by atoms with Crippen LogP contribution in [0.3, 0.4) is 0 Å². The molecule has 92 valence electrons. The summed E-state index contributed by atoms with van der Waals surface area (Å²) in [6.45, 7) is 9.25. The number of aliphatic hydroxyl groups is 1. The summed E-state index contributed by atoms with van der Waals surface area (Å²) >= 11 is 0. The molecule has 0 aliphatic heterocycles. The number of rotatable bonds is 0. The van der Waals surface area contributed by atoms with Crippen LogP contribution in [0.5, 0.6) is 0 Å². The van der Waals surface area contributed by atoms with E-state index in [0.717, 1.165) is 0 Å². The fourth-order valence-corrected chi connectivity index (χ4v) is 4.26. The molecule has 0 aromatic heterocycles. The van der Waals surface area contributed by atoms with E-state index >= 15 is 0 Å². The zero-order valence-corrected chi connectivity index (χ0v) is 11.2. The molecule has 1 spiro atoms. The highest BCUT2D eigenvalue weighted by Gasteiger charge is 2.54. The highest BCUT2D eigenvalue weighted by Crippen LogP contribution is 2.61. The van der Waals surface area contributed by atoms with Gasteiger partial charge in [-0.05, 0) is 49.0 Å². The normalized spacial score (nSPS) is 43.1. The molecule has 1 heteroatoms. The Hall–Kier alpha value is -0.460. The minimum Gasteiger partial charge on any atom is -0.512 e. The van der Waals surface area contributed by atoms with Crippen LogP contribution < -0.4 is 0 Å². The molecular formula is C15H26O. The van der Waals surface area contributed by atoms with Crippen molar-refractivity contribution in [1.82, 2.24) is 0 Å². The molecule has 16 heavy (non-hydrogen) atoms. The smallest absolute Gasteiger partial charge is 0.0955 e. The van der Waals surface area contributed by atoms with E-state index in [0.29, 0.717) is 17.6 Å². The van der Waals surface area contributed by atoms with Crippen molar-refractivity contribution < 1.29 is 5.11 Å². The van der Waals surface area contributed by atoms with Gasteiger partial charge in [0.1, 0.15) is 0 Å². The van der Waals surface area contributed by atoms with Crippen LogP contribution in [0, 0.1) is 22.7 Å². The van der Waals surface area contributed by atoms with Crippen molar-refractivity contribution >= 4 is 0 Å². The molecule has 3 atom stereocenters. The molecule has 1 saturated carbocycles. The third-order valence-electron chi connectivity index (χ3n) is 5.38. The fraction of sp³-hybridized carbons (Fsp3) is 0.867. The van der Waals surface area contributed by atoms with Crippen LogP contribution in [0.1, 0.15) is 59.8 Å². The molecule has 2 aliphatic rings. The molecular weight excluding hydrogens is 196 g/mol. The quantitative estimate of drug-likeness (QED) is 0.630. The average Bonchev–Trinajstić information content (AvgIpc) is 2.15. The second-order valence-electron chi connectivity index (χ2n) is 6.72. The van der Waals surface area contributed by atoms with Crippen molar-refractivity contribution in [2.75, 3.05) is 0 Å². The molecule has 3 unspecified atom stereocenters. The fourth-order valence-electron chi connectivity index (χ4n) is 4.26. The first-order chi connectivity index (χ1) is 7.40. The van der Waals surface area contributed by atoms with Gasteiger partial charge in [-0.25, -0.2) is 0 Å². The van der Waals surface area contributed by atoms with Crippen LogP contribution in [0.15, 0.2) is 11.8 Å². The Balaban J connectivity index is 2.44. The third kappa shape index (κ3) is 1.51. The van der Waals surface area contributed by atoms with Crippen LogP contribution >= 0.6 is 0 Å². The van der Waals surface area contributed by atoms with Gasteiger partial charge in [-0.15, -0.1) is 0 Å². The van der Waals surface area contributed by atoms with E-state index in [1.807, 2.05) is 0 Å². The maximum Gasteiger partial charge on any atom is 0.0955 e.